The third-order valence-electron chi connectivity index (χ3n) is 3.77. The van der Waals surface area contributed by atoms with Crippen LogP contribution in [0.25, 0.3) is 6.08 Å². The van der Waals surface area contributed by atoms with Crippen molar-refractivity contribution in [2.75, 3.05) is 0 Å². The van der Waals surface area contributed by atoms with Gasteiger partial charge in [-0.25, -0.2) is 0 Å². The van der Waals surface area contributed by atoms with Crippen molar-refractivity contribution in [3.8, 4) is 0 Å². The normalized spacial score (nSPS) is 12.4. The van der Waals surface area contributed by atoms with Crippen molar-refractivity contribution >= 4 is 35.2 Å². The summed E-state index contributed by atoms with van der Waals surface area (Å²) in [6.07, 6.45) is 3.16. The lowest BCUT2D eigenvalue weighted by Crippen LogP contribution is -2.24. The van der Waals surface area contributed by atoms with E-state index in [0.717, 1.165) is 11.1 Å². The fraction of sp³-hybridized carbons (Fsp3) is 0.211. The molecule has 1 amide bonds. The van der Waals surface area contributed by atoms with Crippen LogP contribution in [-0.2, 0) is 4.79 Å². The molecule has 0 aliphatic heterocycles. The number of hydrogen-bond donors (Lipinski definition) is 1. The molecule has 0 bridgehead atoms. The number of carbonyl (C=O) groups excluding carboxylic acids is 1. The van der Waals surface area contributed by atoms with Crippen molar-refractivity contribution in [2.45, 2.75) is 26.8 Å². The highest BCUT2D eigenvalue weighted by Crippen LogP contribution is 2.22. The highest BCUT2D eigenvalue weighted by atomic mass is 35.5. The Bertz CT molecular complexity index is 753. The Hall–Kier alpha value is -1.77. The van der Waals surface area contributed by atoms with Gasteiger partial charge < -0.3 is 5.32 Å². The SMILES string of the molecule is Cc1ccc([C@H](C)NC(=O)/C=C/c2ccc(Cl)cc2Cl)cc1C. The predicted octanol–water partition coefficient (Wildman–Crippen LogP) is 5.50. The van der Waals surface area contributed by atoms with Gasteiger partial charge in [-0.1, -0.05) is 47.5 Å². The van der Waals surface area contributed by atoms with Crippen LogP contribution in [0.5, 0.6) is 0 Å². The Kier molecular flexibility index (Phi) is 5.86. The molecule has 2 aromatic rings. The first-order valence-electron chi connectivity index (χ1n) is 7.37. The second-order valence-corrected chi connectivity index (χ2v) is 6.42. The molecule has 0 fully saturated rings. The number of aryl methyl sites for hydroxylation is 2. The van der Waals surface area contributed by atoms with Crippen molar-refractivity contribution in [3.63, 3.8) is 0 Å². The monoisotopic (exact) mass is 347 g/mol. The Labute approximate surface area is 147 Å². The van der Waals surface area contributed by atoms with Crippen molar-refractivity contribution in [3.05, 3.63) is 74.8 Å². The fourth-order valence-electron chi connectivity index (χ4n) is 2.18. The zero-order valence-electron chi connectivity index (χ0n) is 13.4. The maximum absolute atomic E-state index is 12.1. The molecule has 0 saturated heterocycles. The lowest BCUT2D eigenvalue weighted by molar-refractivity contribution is -0.117. The summed E-state index contributed by atoms with van der Waals surface area (Å²) >= 11 is 11.9. The zero-order valence-corrected chi connectivity index (χ0v) is 14.9. The predicted molar refractivity (Wildman–Crippen MR) is 98.0 cm³/mol. The topological polar surface area (TPSA) is 29.1 Å². The van der Waals surface area contributed by atoms with Crippen LogP contribution in [-0.4, -0.2) is 5.91 Å². The van der Waals surface area contributed by atoms with Crippen molar-refractivity contribution in [2.24, 2.45) is 0 Å². The van der Waals surface area contributed by atoms with Crippen molar-refractivity contribution in [1.82, 2.24) is 5.32 Å². The molecule has 0 unspecified atom stereocenters. The van der Waals surface area contributed by atoms with E-state index in [9.17, 15) is 4.79 Å². The van der Waals surface area contributed by atoms with Gasteiger partial charge in [0.15, 0.2) is 0 Å². The second-order valence-electron chi connectivity index (χ2n) is 5.57. The van der Waals surface area contributed by atoms with Crippen LogP contribution in [0.4, 0.5) is 0 Å². The van der Waals surface area contributed by atoms with E-state index in [1.54, 1.807) is 24.3 Å². The number of halogens is 2. The standard InChI is InChI=1S/C19H19Cl2NO/c1-12-4-5-16(10-13(12)2)14(3)22-19(23)9-7-15-6-8-17(20)11-18(15)21/h4-11,14H,1-3H3,(H,22,23)/b9-7+/t14-/m0/s1. The molecular formula is C19H19Cl2NO. The van der Waals surface area contributed by atoms with E-state index in [2.05, 4.69) is 31.3 Å². The van der Waals surface area contributed by atoms with E-state index in [1.165, 1.54) is 17.2 Å². The molecular weight excluding hydrogens is 329 g/mol. The Morgan fingerprint density at radius 2 is 1.83 bits per heavy atom. The smallest absolute Gasteiger partial charge is 0.244 e. The fourth-order valence-corrected chi connectivity index (χ4v) is 2.65. The quantitative estimate of drug-likeness (QED) is 0.726. The van der Waals surface area contributed by atoms with Gasteiger partial charge in [-0.05, 0) is 61.2 Å². The molecule has 0 spiro atoms. The number of benzene rings is 2. The minimum atomic E-state index is -0.165. The van der Waals surface area contributed by atoms with E-state index in [4.69, 9.17) is 23.2 Å². The minimum absolute atomic E-state index is 0.0628. The number of hydrogen-bond acceptors (Lipinski definition) is 1. The molecule has 23 heavy (non-hydrogen) atoms. The first-order valence-corrected chi connectivity index (χ1v) is 8.13. The van der Waals surface area contributed by atoms with Gasteiger partial charge in [0.25, 0.3) is 0 Å². The van der Waals surface area contributed by atoms with Crippen molar-refractivity contribution in [1.29, 1.82) is 0 Å². The van der Waals surface area contributed by atoms with Crippen LogP contribution in [0.2, 0.25) is 10.0 Å². The van der Waals surface area contributed by atoms with Gasteiger partial charge in [-0.3, -0.25) is 4.79 Å². The molecule has 0 saturated carbocycles. The maximum atomic E-state index is 12.1. The van der Waals surface area contributed by atoms with Crippen LogP contribution in [0.3, 0.4) is 0 Å². The number of amides is 1. The van der Waals surface area contributed by atoms with Gasteiger partial charge in [0.2, 0.25) is 5.91 Å². The summed E-state index contributed by atoms with van der Waals surface area (Å²) in [6.45, 7) is 6.10. The summed E-state index contributed by atoms with van der Waals surface area (Å²) in [6, 6.07) is 11.3. The lowest BCUT2D eigenvalue weighted by atomic mass is 10.0. The Morgan fingerprint density at radius 1 is 1.09 bits per heavy atom. The number of rotatable bonds is 4. The minimum Gasteiger partial charge on any atom is -0.346 e. The average Bonchev–Trinajstić information content (AvgIpc) is 2.49. The summed E-state index contributed by atoms with van der Waals surface area (Å²) in [5.41, 5.74) is 4.29. The van der Waals surface area contributed by atoms with E-state index >= 15 is 0 Å². The third-order valence-corrected chi connectivity index (χ3v) is 4.33. The van der Waals surface area contributed by atoms with Crippen LogP contribution in [0, 0.1) is 13.8 Å². The molecule has 0 heterocycles. The molecule has 2 aromatic carbocycles. The van der Waals surface area contributed by atoms with Gasteiger partial charge in [-0.15, -0.1) is 0 Å². The lowest BCUT2D eigenvalue weighted by Gasteiger charge is -2.14. The zero-order chi connectivity index (χ0) is 17.0. The van der Waals surface area contributed by atoms with Crippen LogP contribution < -0.4 is 5.32 Å². The average molecular weight is 348 g/mol. The van der Waals surface area contributed by atoms with E-state index in [-0.39, 0.29) is 11.9 Å². The van der Waals surface area contributed by atoms with Crippen LogP contribution in [0.1, 0.15) is 35.2 Å². The first kappa shape index (κ1) is 17.6. The third kappa shape index (κ3) is 4.85. The van der Waals surface area contributed by atoms with E-state index < -0.39 is 0 Å². The molecule has 120 valence electrons. The van der Waals surface area contributed by atoms with E-state index in [0.29, 0.717) is 10.0 Å². The maximum Gasteiger partial charge on any atom is 0.244 e. The highest BCUT2D eigenvalue weighted by Gasteiger charge is 2.08. The molecule has 2 rings (SSSR count). The van der Waals surface area contributed by atoms with Crippen LogP contribution in [0.15, 0.2) is 42.5 Å². The molecule has 2 nitrogen and oxygen atoms in total. The Balaban J connectivity index is 2.03. The first-order chi connectivity index (χ1) is 10.9. The molecule has 0 aliphatic carbocycles. The van der Waals surface area contributed by atoms with Gasteiger partial charge in [0.1, 0.15) is 0 Å². The van der Waals surface area contributed by atoms with Gasteiger partial charge in [-0.2, -0.15) is 0 Å². The molecule has 0 aromatic heterocycles. The molecule has 1 atom stereocenters. The van der Waals surface area contributed by atoms with Crippen LogP contribution >= 0.6 is 23.2 Å². The molecule has 0 aliphatic rings. The second kappa shape index (κ2) is 7.67. The van der Waals surface area contributed by atoms with Gasteiger partial charge >= 0.3 is 0 Å². The molecule has 0 radical (unpaired) electrons. The summed E-state index contributed by atoms with van der Waals surface area (Å²) in [5, 5.41) is 4.04. The number of carbonyl (C=O) groups is 1. The van der Waals surface area contributed by atoms with Crippen molar-refractivity contribution < 1.29 is 4.79 Å². The molecule has 4 heteroatoms. The summed E-state index contributed by atoms with van der Waals surface area (Å²) < 4.78 is 0. The highest BCUT2D eigenvalue weighted by molar-refractivity contribution is 6.35. The van der Waals surface area contributed by atoms with E-state index in [1.807, 2.05) is 13.0 Å². The summed E-state index contributed by atoms with van der Waals surface area (Å²) in [5.74, 6) is -0.165. The largest absolute Gasteiger partial charge is 0.346 e. The van der Waals surface area contributed by atoms with Gasteiger partial charge in [0.05, 0.1) is 6.04 Å². The Morgan fingerprint density at radius 3 is 2.48 bits per heavy atom. The summed E-state index contributed by atoms with van der Waals surface area (Å²) in [4.78, 5) is 12.1. The molecule has 1 N–H and O–H groups in total. The summed E-state index contributed by atoms with van der Waals surface area (Å²) in [7, 11) is 0. The van der Waals surface area contributed by atoms with Gasteiger partial charge in [0, 0.05) is 16.1 Å². The number of nitrogens with one attached hydrogen (secondary N) is 1.